The van der Waals surface area contributed by atoms with Gasteiger partial charge in [-0.3, -0.25) is 14.7 Å². The molecular weight excluding hydrogens is 382 g/mol. The fourth-order valence-electron chi connectivity index (χ4n) is 2.65. The lowest BCUT2D eigenvalue weighted by Crippen LogP contribution is -2.28. The Morgan fingerprint density at radius 1 is 1.41 bits per heavy atom. The van der Waals surface area contributed by atoms with Gasteiger partial charge < -0.3 is 19.7 Å². The second kappa shape index (κ2) is 8.01. The van der Waals surface area contributed by atoms with Crippen LogP contribution in [0.4, 0.5) is 5.69 Å². The van der Waals surface area contributed by atoms with Crippen LogP contribution in [0.5, 0.6) is 5.88 Å². The molecule has 0 spiro atoms. The largest absolute Gasteiger partial charge is 0.472 e. The first-order valence-corrected chi connectivity index (χ1v) is 8.36. The number of rotatable bonds is 6. The number of aromatic nitrogens is 2. The molecule has 0 unspecified atom stereocenters. The fraction of sp³-hybridized carbons (Fsp3) is 0.375. The van der Waals surface area contributed by atoms with Crippen molar-refractivity contribution in [3.63, 3.8) is 0 Å². The van der Waals surface area contributed by atoms with Gasteiger partial charge in [-0.1, -0.05) is 11.6 Å². The number of nitro benzene ring substituents is 1. The molecule has 3 rings (SSSR count). The lowest BCUT2D eigenvalue weighted by atomic mass is 10.2. The van der Waals surface area contributed by atoms with Crippen molar-refractivity contribution in [1.29, 1.82) is 0 Å². The second-order valence-electron chi connectivity index (χ2n) is 5.91. The summed E-state index contributed by atoms with van der Waals surface area (Å²) in [6.45, 7) is -0.358. The Kier molecular flexibility index (Phi) is 5.71. The highest BCUT2D eigenvalue weighted by molar-refractivity contribution is 6.31. The summed E-state index contributed by atoms with van der Waals surface area (Å²) in [5, 5.41) is 29.6. The number of aliphatic hydroxyl groups is 2. The minimum atomic E-state index is -0.899. The van der Waals surface area contributed by atoms with Crippen molar-refractivity contribution in [3.05, 3.63) is 61.6 Å². The minimum absolute atomic E-state index is 0.0133. The van der Waals surface area contributed by atoms with Crippen LogP contribution in [0.3, 0.4) is 0 Å². The third-order valence-corrected chi connectivity index (χ3v) is 4.35. The molecule has 144 valence electrons. The molecular formula is C16H16ClN3O7. The van der Waals surface area contributed by atoms with Gasteiger partial charge in [0.2, 0.25) is 5.88 Å². The molecule has 10 nitrogen and oxygen atoms in total. The zero-order valence-corrected chi connectivity index (χ0v) is 14.7. The Balaban J connectivity index is 1.71. The van der Waals surface area contributed by atoms with Crippen LogP contribution in [-0.2, 0) is 11.3 Å². The SMILES string of the molecule is O=c1nc(OCc2ccc([N+](=O)[O-])cc2)c(Cl)cn1[C@H]1C[C@H](O)[C@@H](CO)O1. The molecule has 0 saturated carbocycles. The number of ether oxygens (including phenoxy) is 2. The van der Waals surface area contributed by atoms with Gasteiger partial charge in [-0.05, 0) is 17.7 Å². The molecule has 2 aromatic rings. The van der Waals surface area contributed by atoms with E-state index in [1.165, 1.54) is 30.5 Å². The maximum absolute atomic E-state index is 12.2. The quantitative estimate of drug-likeness (QED) is 0.544. The number of benzene rings is 1. The van der Waals surface area contributed by atoms with Gasteiger partial charge >= 0.3 is 5.69 Å². The lowest BCUT2D eigenvalue weighted by molar-refractivity contribution is -0.384. The predicted molar refractivity (Wildman–Crippen MR) is 92.6 cm³/mol. The number of hydrogen-bond acceptors (Lipinski definition) is 8. The summed E-state index contributed by atoms with van der Waals surface area (Å²) < 4.78 is 12.0. The molecule has 1 saturated heterocycles. The van der Waals surface area contributed by atoms with Crippen LogP contribution in [0, 0.1) is 10.1 Å². The van der Waals surface area contributed by atoms with Crippen molar-refractivity contribution >= 4 is 17.3 Å². The Labute approximate surface area is 157 Å². The predicted octanol–water partition coefficient (Wildman–Crippen LogP) is 1.02. The molecule has 1 aromatic carbocycles. The van der Waals surface area contributed by atoms with Crippen LogP contribution in [0.2, 0.25) is 5.02 Å². The molecule has 0 aliphatic carbocycles. The Morgan fingerprint density at radius 3 is 2.70 bits per heavy atom. The summed E-state index contributed by atoms with van der Waals surface area (Å²) in [7, 11) is 0. The van der Waals surface area contributed by atoms with E-state index in [4.69, 9.17) is 26.2 Å². The standard InChI is InChI=1S/C16H16ClN3O7/c17-11-6-19(14-5-12(22)13(7-21)27-14)16(23)18-15(11)26-8-9-1-3-10(4-2-9)20(24)25/h1-4,6,12-14,21-22H,5,7-8H2/t12-,13+,14+/m0/s1. The summed E-state index contributed by atoms with van der Waals surface area (Å²) >= 11 is 6.12. The van der Waals surface area contributed by atoms with Crippen LogP contribution >= 0.6 is 11.6 Å². The zero-order valence-electron chi connectivity index (χ0n) is 13.9. The average molecular weight is 398 g/mol. The topological polar surface area (TPSA) is 137 Å². The molecule has 11 heteroatoms. The maximum atomic E-state index is 12.2. The molecule has 2 heterocycles. The normalized spacial score (nSPS) is 22.0. The van der Waals surface area contributed by atoms with Gasteiger partial charge in [-0.25, -0.2) is 4.79 Å². The highest BCUT2D eigenvalue weighted by atomic mass is 35.5. The van der Waals surface area contributed by atoms with Gasteiger partial charge in [0, 0.05) is 24.8 Å². The second-order valence-corrected chi connectivity index (χ2v) is 6.32. The number of halogens is 1. The Morgan fingerprint density at radius 2 is 2.11 bits per heavy atom. The van der Waals surface area contributed by atoms with Gasteiger partial charge in [0.15, 0.2) is 0 Å². The first-order chi connectivity index (χ1) is 12.9. The molecule has 3 atom stereocenters. The van der Waals surface area contributed by atoms with E-state index in [1.54, 1.807) is 0 Å². The Bertz CT molecular complexity index is 887. The van der Waals surface area contributed by atoms with Crippen LogP contribution < -0.4 is 10.4 Å². The number of nitro groups is 1. The molecule has 1 aliphatic rings. The van der Waals surface area contributed by atoms with E-state index in [2.05, 4.69) is 4.98 Å². The van der Waals surface area contributed by atoms with Gasteiger partial charge in [-0.15, -0.1) is 0 Å². The van der Waals surface area contributed by atoms with E-state index in [-0.39, 0.29) is 36.2 Å². The van der Waals surface area contributed by atoms with E-state index in [1.807, 2.05) is 0 Å². The van der Waals surface area contributed by atoms with Crippen molar-refractivity contribution in [2.75, 3.05) is 6.61 Å². The molecule has 27 heavy (non-hydrogen) atoms. The van der Waals surface area contributed by atoms with Crippen molar-refractivity contribution in [1.82, 2.24) is 9.55 Å². The lowest BCUT2D eigenvalue weighted by Gasteiger charge is -2.15. The maximum Gasteiger partial charge on any atom is 0.353 e. The van der Waals surface area contributed by atoms with Crippen molar-refractivity contribution in [2.24, 2.45) is 0 Å². The van der Waals surface area contributed by atoms with Crippen LogP contribution in [-0.4, -0.2) is 43.5 Å². The van der Waals surface area contributed by atoms with Gasteiger partial charge in [-0.2, -0.15) is 4.98 Å². The molecule has 1 aromatic heterocycles. The molecule has 0 bridgehead atoms. The van der Waals surface area contributed by atoms with Crippen molar-refractivity contribution in [2.45, 2.75) is 31.5 Å². The van der Waals surface area contributed by atoms with Gasteiger partial charge in [0.25, 0.3) is 5.69 Å². The summed E-state index contributed by atoms with van der Waals surface area (Å²) in [6, 6.07) is 5.73. The van der Waals surface area contributed by atoms with E-state index >= 15 is 0 Å². The smallest absolute Gasteiger partial charge is 0.353 e. The van der Waals surface area contributed by atoms with E-state index in [0.717, 1.165) is 4.57 Å². The van der Waals surface area contributed by atoms with E-state index in [0.29, 0.717) is 5.56 Å². The molecule has 1 fully saturated rings. The summed E-state index contributed by atoms with van der Waals surface area (Å²) in [4.78, 5) is 26.1. The molecule has 0 radical (unpaired) electrons. The highest BCUT2D eigenvalue weighted by Gasteiger charge is 2.35. The summed E-state index contributed by atoms with van der Waals surface area (Å²) in [6.07, 6.45) is -1.06. The number of nitrogens with zero attached hydrogens (tertiary/aromatic N) is 3. The molecule has 0 amide bonds. The number of aliphatic hydroxyl groups excluding tert-OH is 2. The van der Waals surface area contributed by atoms with Crippen molar-refractivity contribution < 1.29 is 24.6 Å². The van der Waals surface area contributed by atoms with E-state index < -0.39 is 29.0 Å². The first kappa shape index (κ1) is 19.2. The molecule has 1 aliphatic heterocycles. The zero-order chi connectivity index (χ0) is 19.6. The minimum Gasteiger partial charge on any atom is -0.472 e. The first-order valence-electron chi connectivity index (χ1n) is 7.98. The highest BCUT2D eigenvalue weighted by Crippen LogP contribution is 2.29. The van der Waals surface area contributed by atoms with Crippen LogP contribution in [0.25, 0.3) is 0 Å². The average Bonchev–Trinajstić information content (AvgIpc) is 3.03. The summed E-state index contributed by atoms with van der Waals surface area (Å²) in [5.74, 6) is -0.0893. The monoisotopic (exact) mass is 397 g/mol. The third-order valence-electron chi connectivity index (χ3n) is 4.09. The van der Waals surface area contributed by atoms with Gasteiger partial charge in [0.05, 0.1) is 17.6 Å². The number of non-ortho nitro benzene ring substituents is 1. The third kappa shape index (κ3) is 4.25. The fourth-order valence-corrected chi connectivity index (χ4v) is 2.86. The van der Waals surface area contributed by atoms with Crippen LogP contribution in [0.1, 0.15) is 18.2 Å². The Hall–Kier alpha value is -2.53. The van der Waals surface area contributed by atoms with E-state index in [9.17, 15) is 20.0 Å². The summed E-state index contributed by atoms with van der Waals surface area (Å²) in [5.41, 5.74) is -0.0954. The van der Waals surface area contributed by atoms with Crippen molar-refractivity contribution in [3.8, 4) is 5.88 Å². The van der Waals surface area contributed by atoms with Crippen LogP contribution in [0.15, 0.2) is 35.3 Å². The van der Waals surface area contributed by atoms with Gasteiger partial charge in [0.1, 0.15) is 24.0 Å². The molecule has 2 N–H and O–H groups in total. The number of hydrogen-bond donors (Lipinski definition) is 2.